The van der Waals surface area contributed by atoms with Gasteiger partial charge < -0.3 is 15.6 Å². The quantitative estimate of drug-likeness (QED) is 0.796. The van der Waals surface area contributed by atoms with Gasteiger partial charge in [0.2, 0.25) is 0 Å². The molecule has 98 valence electrons. The van der Waals surface area contributed by atoms with Gasteiger partial charge in [-0.15, -0.1) is 0 Å². The van der Waals surface area contributed by atoms with E-state index in [0.717, 1.165) is 6.20 Å². The molecule has 0 bridgehead atoms. The molecular weight excluding hydrogens is 250 g/mol. The second-order valence-electron chi connectivity index (χ2n) is 3.67. The summed E-state index contributed by atoms with van der Waals surface area (Å²) in [5.74, 6) is -1.79. The van der Waals surface area contributed by atoms with Crippen molar-refractivity contribution in [2.75, 3.05) is 12.8 Å². The average molecular weight is 261 g/mol. The standard InChI is InChI=1S/C12H11N3O4/c1-19-12(18)7-4-2-3-5-9(7)15-10(13)8(6-14-15)11(16)17/h2-6H,13H2,1H3,(H,16,17). The van der Waals surface area contributed by atoms with E-state index in [-0.39, 0.29) is 16.9 Å². The molecule has 2 aromatic rings. The number of para-hydroxylation sites is 1. The lowest BCUT2D eigenvalue weighted by Crippen LogP contribution is -2.11. The molecule has 0 aliphatic rings. The van der Waals surface area contributed by atoms with Gasteiger partial charge in [0.1, 0.15) is 11.4 Å². The summed E-state index contributed by atoms with van der Waals surface area (Å²) in [5, 5.41) is 12.8. The number of rotatable bonds is 3. The Bertz CT molecular complexity index is 648. The highest BCUT2D eigenvalue weighted by Crippen LogP contribution is 2.20. The fourth-order valence-corrected chi connectivity index (χ4v) is 1.66. The Morgan fingerprint density at radius 1 is 1.32 bits per heavy atom. The van der Waals surface area contributed by atoms with Gasteiger partial charge in [0.05, 0.1) is 24.6 Å². The summed E-state index contributed by atoms with van der Waals surface area (Å²) < 4.78 is 5.85. The van der Waals surface area contributed by atoms with Crippen molar-refractivity contribution in [3.05, 3.63) is 41.6 Å². The molecule has 1 aromatic carbocycles. The number of methoxy groups -OCH3 is 1. The third kappa shape index (κ3) is 2.13. The summed E-state index contributed by atoms with van der Waals surface area (Å²) in [6, 6.07) is 6.49. The number of nitrogens with zero attached hydrogens (tertiary/aromatic N) is 2. The van der Waals surface area contributed by atoms with Crippen molar-refractivity contribution >= 4 is 17.8 Å². The van der Waals surface area contributed by atoms with Crippen molar-refractivity contribution in [3.63, 3.8) is 0 Å². The van der Waals surface area contributed by atoms with E-state index in [9.17, 15) is 9.59 Å². The van der Waals surface area contributed by atoms with Crippen LogP contribution in [0.5, 0.6) is 0 Å². The molecule has 0 saturated carbocycles. The first-order valence-corrected chi connectivity index (χ1v) is 5.30. The molecule has 0 amide bonds. The van der Waals surface area contributed by atoms with Crippen molar-refractivity contribution in [2.24, 2.45) is 0 Å². The Labute approximate surface area is 108 Å². The molecule has 0 spiro atoms. The number of benzene rings is 1. The highest BCUT2D eigenvalue weighted by Gasteiger charge is 2.19. The number of hydrogen-bond donors (Lipinski definition) is 2. The van der Waals surface area contributed by atoms with E-state index in [2.05, 4.69) is 9.84 Å². The molecule has 0 radical (unpaired) electrons. The number of esters is 1. The Kier molecular flexibility index (Phi) is 3.19. The Morgan fingerprint density at radius 3 is 2.58 bits per heavy atom. The maximum absolute atomic E-state index is 11.6. The molecule has 1 aromatic heterocycles. The zero-order valence-electron chi connectivity index (χ0n) is 10.0. The van der Waals surface area contributed by atoms with Crippen LogP contribution in [0.2, 0.25) is 0 Å². The molecule has 0 aliphatic heterocycles. The number of carboxylic acids is 1. The zero-order valence-corrected chi connectivity index (χ0v) is 10.0. The molecular formula is C12H11N3O4. The van der Waals surface area contributed by atoms with Crippen LogP contribution in [0.1, 0.15) is 20.7 Å². The van der Waals surface area contributed by atoms with Crippen molar-refractivity contribution in [3.8, 4) is 5.69 Å². The van der Waals surface area contributed by atoms with Crippen molar-refractivity contribution in [2.45, 2.75) is 0 Å². The molecule has 19 heavy (non-hydrogen) atoms. The second-order valence-corrected chi connectivity index (χ2v) is 3.67. The van der Waals surface area contributed by atoms with Crippen molar-refractivity contribution in [1.29, 1.82) is 0 Å². The maximum Gasteiger partial charge on any atom is 0.341 e. The van der Waals surface area contributed by atoms with Crippen LogP contribution in [-0.4, -0.2) is 33.9 Å². The van der Waals surface area contributed by atoms with Gasteiger partial charge in [-0.2, -0.15) is 5.10 Å². The normalized spacial score (nSPS) is 10.2. The lowest BCUT2D eigenvalue weighted by molar-refractivity contribution is 0.0600. The van der Waals surface area contributed by atoms with E-state index < -0.39 is 11.9 Å². The second kappa shape index (κ2) is 4.81. The maximum atomic E-state index is 11.6. The van der Waals surface area contributed by atoms with Crippen LogP contribution >= 0.6 is 0 Å². The first-order chi connectivity index (χ1) is 9.06. The largest absolute Gasteiger partial charge is 0.477 e. The van der Waals surface area contributed by atoms with E-state index in [4.69, 9.17) is 10.8 Å². The van der Waals surface area contributed by atoms with Crippen LogP contribution in [0.3, 0.4) is 0 Å². The number of hydrogen-bond acceptors (Lipinski definition) is 5. The highest BCUT2D eigenvalue weighted by atomic mass is 16.5. The van der Waals surface area contributed by atoms with E-state index >= 15 is 0 Å². The highest BCUT2D eigenvalue weighted by molar-refractivity contribution is 5.95. The Balaban J connectivity index is 2.60. The SMILES string of the molecule is COC(=O)c1ccccc1-n1ncc(C(=O)O)c1N. The molecule has 0 unspecified atom stereocenters. The minimum atomic E-state index is -1.18. The lowest BCUT2D eigenvalue weighted by Gasteiger charge is -2.09. The summed E-state index contributed by atoms with van der Waals surface area (Å²) in [7, 11) is 1.26. The van der Waals surface area contributed by atoms with Crippen LogP contribution in [-0.2, 0) is 4.74 Å². The van der Waals surface area contributed by atoms with Crippen LogP contribution < -0.4 is 5.73 Å². The summed E-state index contributed by atoms with van der Waals surface area (Å²) in [5.41, 5.74) is 6.20. The molecule has 0 saturated heterocycles. The molecule has 7 heteroatoms. The number of aromatic nitrogens is 2. The van der Waals surface area contributed by atoms with Gasteiger partial charge in [0, 0.05) is 0 Å². The number of anilines is 1. The smallest absolute Gasteiger partial charge is 0.341 e. The number of ether oxygens (including phenoxy) is 1. The van der Waals surface area contributed by atoms with Gasteiger partial charge in [0.15, 0.2) is 0 Å². The topological polar surface area (TPSA) is 107 Å². The lowest BCUT2D eigenvalue weighted by atomic mass is 10.2. The Morgan fingerprint density at radius 2 is 2.00 bits per heavy atom. The molecule has 0 aliphatic carbocycles. The van der Waals surface area contributed by atoms with Gasteiger partial charge in [-0.1, -0.05) is 12.1 Å². The van der Waals surface area contributed by atoms with Crippen LogP contribution in [0.15, 0.2) is 30.5 Å². The van der Waals surface area contributed by atoms with Crippen LogP contribution in [0.25, 0.3) is 5.69 Å². The summed E-state index contributed by atoms with van der Waals surface area (Å²) in [4.78, 5) is 22.6. The fourth-order valence-electron chi connectivity index (χ4n) is 1.66. The van der Waals surface area contributed by atoms with Gasteiger partial charge in [-0.25, -0.2) is 14.3 Å². The monoisotopic (exact) mass is 261 g/mol. The number of nitrogen functional groups attached to an aromatic ring is 1. The van der Waals surface area contributed by atoms with Crippen molar-refractivity contribution in [1.82, 2.24) is 9.78 Å². The third-order valence-corrected chi connectivity index (χ3v) is 2.57. The van der Waals surface area contributed by atoms with E-state index in [1.165, 1.54) is 11.8 Å². The average Bonchev–Trinajstić information content (AvgIpc) is 2.79. The van der Waals surface area contributed by atoms with E-state index in [0.29, 0.717) is 5.69 Å². The van der Waals surface area contributed by atoms with Gasteiger partial charge >= 0.3 is 11.9 Å². The van der Waals surface area contributed by atoms with Crippen molar-refractivity contribution < 1.29 is 19.4 Å². The van der Waals surface area contributed by atoms with E-state index in [1.807, 2.05) is 0 Å². The van der Waals surface area contributed by atoms with Crippen LogP contribution in [0.4, 0.5) is 5.82 Å². The van der Waals surface area contributed by atoms with Gasteiger partial charge in [-0.3, -0.25) is 0 Å². The predicted molar refractivity (Wildman–Crippen MR) is 66.3 cm³/mol. The number of aromatic carboxylic acids is 1. The minimum absolute atomic E-state index is 0.0520. The van der Waals surface area contributed by atoms with E-state index in [1.54, 1.807) is 24.3 Å². The summed E-state index contributed by atoms with van der Waals surface area (Å²) in [6.07, 6.45) is 1.13. The Hall–Kier alpha value is -2.83. The van der Waals surface area contributed by atoms with Gasteiger partial charge in [0.25, 0.3) is 0 Å². The molecule has 3 N–H and O–H groups in total. The minimum Gasteiger partial charge on any atom is -0.477 e. The third-order valence-electron chi connectivity index (χ3n) is 2.57. The first-order valence-electron chi connectivity index (χ1n) is 5.30. The zero-order chi connectivity index (χ0) is 14.0. The number of carbonyl (C=O) groups is 2. The molecule has 2 rings (SSSR count). The van der Waals surface area contributed by atoms with Gasteiger partial charge in [-0.05, 0) is 12.1 Å². The predicted octanol–water partition coefficient (Wildman–Crippen LogP) is 0.939. The fraction of sp³-hybridized carbons (Fsp3) is 0.0833. The summed E-state index contributed by atoms with van der Waals surface area (Å²) in [6.45, 7) is 0. The first kappa shape index (κ1) is 12.6. The molecule has 1 heterocycles. The number of nitrogens with two attached hydrogens (primary N) is 1. The number of carboxylic acid groups (broad SMARTS) is 1. The molecule has 0 fully saturated rings. The molecule has 0 atom stereocenters. The number of carbonyl (C=O) groups excluding carboxylic acids is 1. The summed E-state index contributed by atoms with van der Waals surface area (Å²) >= 11 is 0. The van der Waals surface area contributed by atoms with Crippen LogP contribution in [0, 0.1) is 0 Å². The molecule has 7 nitrogen and oxygen atoms in total.